The number of aromatic nitrogens is 2. The summed E-state index contributed by atoms with van der Waals surface area (Å²) in [6, 6.07) is 0. The van der Waals surface area contributed by atoms with Gasteiger partial charge in [-0.05, 0) is 0 Å². The Hall–Kier alpha value is -1.19. The van der Waals surface area contributed by atoms with E-state index < -0.39 is 0 Å². The van der Waals surface area contributed by atoms with Gasteiger partial charge in [0.1, 0.15) is 5.78 Å². The molecule has 4 heteroatoms. The van der Waals surface area contributed by atoms with Gasteiger partial charge in [-0.25, -0.2) is 0 Å². The molecule has 1 aliphatic carbocycles. The number of rotatable bonds is 1. The summed E-state index contributed by atoms with van der Waals surface area (Å²) < 4.78 is 4.91. The van der Waals surface area contributed by atoms with Gasteiger partial charge < -0.3 is 4.42 Å². The summed E-state index contributed by atoms with van der Waals surface area (Å²) in [5.41, 5.74) is 0. The molecule has 0 aliphatic heterocycles. The highest BCUT2D eigenvalue weighted by Crippen LogP contribution is 2.31. The number of Topliss-reactive ketones (excluding diaryl/α,β-unsaturated/α-hetero) is 1. The van der Waals surface area contributed by atoms with Gasteiger partial charge in [-0.15, -0.1) is 10.2 Å². The number of ketones is 1. The predicted octanol–water partition coefficient (Wildman–Crippen LogP) is 0.516. The average Bonchev–Trinajstić information content (AvgIpc) is 2.31. The summed E-state index contributed by atoms with van der Waals surface area (Å²) in [6.07, 6.45) is 2.43. The van der Waals surface area contributed by atoms with Crippen molar-refractivity contribution in [1.29, 1.82) is 0 Å². The van der Waals surface area contributed by atoms with E-state index in [1.165, 1.54) is 6.39 Å². The Bertz CT molecular complexity index is 234. The summed E-state index contributed by atoms with van der Waals surface area (Å²) in [7, 11) is 0. The lowest BCUT2D eigenvalue weighted by atomic mass is 9.84. The molecule has 2 rings (SSSR count). The van der Waals surface area contributed by atoms with Gasteiger partial charge in [-0.1, -0.05) is 0 Å². The molecule has 1 aliphatic rings. The van der Waals surface area contributed by atoms with Crippen LogP contribution < -0.4 is 0 Å². The fraction of sp³-hybridized carbons (Fsp3) is 0.500. The van der Waals surface area contributed by atoms with Crippen molar-refractivity contribution in [3.05, 3.63) is 12.3 Å². The van der Waals surface area contributed by atoms with Gasteiger partial charge in [-0.3, -0.25) is 4.79 Å². The zero-order chi connectivity index (χ0) is 6.97. The quantitative estimate of drug-likeness (QED) is 0.567. The summed E-state index contributed by atoms with van der Waals surface area (Å²) in [6.45, 7) is 0. The molecule has 1 aromatic heterocycles. The van der Waals surface area contributed by atoms with Crippen LogP contribution in [0.5, 0.6) is 0 Å². The van der Waals surface area contributed by atoms with Crippen LogP contribution in [0.4, 0.5) is 0 Å². The first-order chi connectivity index (χ1) is 4.86. The normalized spacial score (nSPS) is 19.0. The molecule has 0 atom stereocenters. The van der Waals surface area contributed by atoms with Crippen LogP contribution in [0.2, 0.25) is 0 Å². The van der Waals surface area contributed by atoms with Crippen molar-refractivity contribution in [3.63, 3.8) is 0 Å². The second-order valence-corrected chi connectivity index (χ2v) is 2.42. The molecule has 0 unspecified atom stereocenters. The lowest BCUT2D eigenvalue weighted by Crippen LogP contribution is -2.21. The van der Waals surface area contributed by atoms with E-state index in [4.69, 9.17) is 4.42 Å². The third kappa shape index (κ3) is 0.725. The highest BCUT2D eigenvalue weighted by Gasteiger charge is 2.31. The zero-order valence-electron chi connectivity index (χ0n) is 5.28. The Morgan fingerprint density at radius 1 is 1.60 bits per heavy atom. The topological polar surface area (TPSA) is 56.0 Å². The van der Waals surface area contributed by atoms with E-state index in [9.17, 15) is 4.79 Å². The second kappa shape index (κ2) is 1.90. The lowest BCUT2D eigenvalue weighted by Gasteiger charge is -2.19. The number of hydrogen-bond donors (Lipinski definition) is 0. The molecular weight excluding hydrogens is 132 g/mol. The fourth-order valence-electron chi connectivity index (χ4n) is 1.02. The third-order valence-corrected chi connectivity index (χ3v) is 1.67. The maximum atomic E-state index is 10.5. The van der Waals surface area contributed by atoms with Crippen molar-refractivity contribution >= 4 is 5.78 Å². The minimum atomic E-state index is 0.204. The maximum Gasteiger partial charge on any atom is 0.220 e. The van der Waals surface area contributed by atoms with Crippen molar-refractivity contribution in [3.8, 4) is 0 Å². The predicted molar refractivity (Wildman–Crippen MR) is 31.3 cm³/mol. The van der Waals surface area contributed by atoms with Crippen molar-refractivity contribution in [2.24, 2.45) is 0 Å². The molecule has 0 N–H and O–H groups in total. The van der Waals surface area contributed by atoms with Crippen LogP contribution in [0.3, 0.4) is 0 Å². The Kier molecular flexibility index (Phi) is 1.06. The maximum absolute atomic E-state index is 10.5. The van der Waals surface area contributed by atoms with E-state index in [-0.39, 0.29) is 11.7 Å². The summed E-state index contributed by atoms with van der Waals surface area (Å²) in [4.78, 5) is 10.5. The number of nitrogens with zero attached hydrogens (tertiary/aromatic N) is 2. The molecule has 0 amide bonds. The molecule has 0 bridgehead atoms. The minimum absolute atomic E-state index is 0.204. The number of carbonyl (C=O) groups excluding carboxylic acids is 1. The van der Waals surface area contributed by atoms with Crippen molar-refractivity contribution < 1.29 is 9.21 Å². The molecule has 0 aromatic carbocycles. The third-order valence-electron chi connectivity index (χ3n) is 1.67. The first-order valence-corrected chi connectivity index (χ1v) is 3.14. The summed E-state index contributed by atoms with van der Waals surface area (Å²) in [5.74, 6) is 1.08. The van der Waals surface area contributed by atoms with E-state index in [0.29, 0.717) is 18.7 Å². The van der Waals surface area contributed by atoms with Crippen molar-refractivity contribution in [2.75, 3.05) is 0 Å². The smallest absolute Gasteiger partial charge is 0.220 e. The van der Waals surface area contributed by atoms with E-state index in [1.54, 1.807) is 0 Å². The van der Waals surface area contributed by atoms with Crippen LogP contribution in [0.1, 0.15) is 24.7 Å². The molecule has 1 heterocycles. The van der Waals surface area contributed by atoms with Gasteiger partial charge in [0.2, 0.25) is 12.3 Å². The Labute approximate surface area is 57.2 Å². The number of hydrogen-bond acceptors (Lipinski definition) is 4. The van der Waals surface area contributed by atoms with Gasteiger partial charge >= 0.3 is 0 Å². The molecule has 0 saturated heterocycles. The Balaban J connectivity index is 2.10. The Morgan fingerprint density at radius 3 is 2.90 bits per heavy atom. The van der Waals surface area contributed by atoms with Crippen LogP contribution in [-0.2, 0) is 4.79 Å². The highest BCUT2D eigenvalue weighted by atomic mass is 16.4. The standard InChI is InChI=1S/C6H6N2O2/c9-5-1-4(2-5)6-8-7-3-10-6/h3-4H,1-2H2. The largest absolute Gasteiger partial charge is 0.428 e. The van der Waals surface area contributed by atoms with Crippen molar-refractivity contribution in [2.45, 2.75) is 18.8 Å². The van der Waals surface area contributed by atoms with Gasteiger partial charge in [0.25, 0.3) is 0 Å². The van der Waals surface area contributed by atoms with Crippen LogP contribution >= 0.6 is 0 Å². The first kappa shape index (κ1) is 5.58. The molecule has 0 radical (unpaired) electrons. The second-order valence-electron chi connectivity index (χ2n) is 2.42. The van der Waals surface area contributed by atoms with E-state index in [1.807, 2.05) is 0 Å². The first-order valence-electron chi connectivity index (χ1n) is 3.14. The molecular formula is C6H6N2O2. The van der Waals surface area contributed by atoms with E-state index >= 15 is 0 Å². The van der Waals surface area contributed by atoms with Crippen LogP contribution in [0, 0.1) is 0 Å². The molecule has 1 fully saturated rings. The van der Waals surface area contributed by atoms with Gasteiger partial charge in [0.15, 0.2) is 0 Å². The Morgan fingerprint density at radius 2 is 2.40 bits per heavy atom. The number of carbonyl (C=O) groups is 1. The lowest BCUT2D eigenvalue weighted by molar-refractivity contribution is -0.125. The highest BCUT2D eigenvalue weighted by molar-refractivity contribution is 5.85. The molecule has 1 aromatic rings. The van der Waals surface area contributed by atoms with E-state index in [0.717, 1.165) is 0 Å². The molecule has 4 nitrogen and oxygen atoms in total. The SMILES string of the molecule is O=C1CC(c2nnco2)C1. The van der Waals surface area contributed by atoms with Crippen LogP contribution in [0.15, 0.2) is 10.8 Å². The summed E-state index contributed by atoms with van der Waals surface area (Å²) >= 11 is 0. The molecule has 0 spiro atoms. The van der Waals surface area contributed by atoms with E-state index in [2.05, 4.69) is 10.2 Å². The minimum Gasteiger partial charge on any atom is -0.428 e. The van der Waals surface area contributed by atoms with Gasteiger partial charge in [0, 0.05) is 12.8 Å². The average molecular weight is 138 g/mol. The fourth-order valence-corrected chi connectivity index (χ4v) is 1.02. The molecule has 10 heavy (non-hydrogen) atoms. The van der Waals surface area contributed by atoms with Gasteiger partial charge in [0.05, 0.1) is 5.92 Å². The summed E-state index contributed by atoms with van der Waals surface area (Å²) in [5, 5.41) is 7.23. The monoisotopic (exact) mass is 138 g/mol. The van der Waals surface area contributed by atoms with Gasteiger partial charge in [-0.2, -0.15) is 0 Å². The van der Waals surface area contributed by atoms with Crippen LogP contribution in [0.25, 0.3) is 0 Å². The van der Waals surface area contributed by atoms with Crippen molar-refractivity contribution in [1.82, 2.24) is 10.2 Å². The molecule has 1 saturated carbocycles. The molecule has 52 valence electrons. The van der Waals surface area contributed by atoms with Crippen LogP contribution in [-0.4, -0.2) is 16.0 Å². The zero-order valence-corrected chi connectivity index (χ0v) is 5.28.